The molecule has 0 saturated carbocycles. The molecule has 1 atom stereocenters. The Kier molecular flexibility index (Phi) is 4.91. The number of para-hydroxylation sites is 2. The summed E-state index contributed by atoms with van der Waals surface area (Å²) in [5, 5.41) is 18.6. The molecule has 0 radical (unpaired) electrons. The van der Waals surface area contributed by atoms with Gasteiger partial charge in [-0.05, 0) is 54.8 Å². The van der Waals surface area contributed by atoms with Crippen LogP contribution in [0.5, 0.6) is 0 Å². The lowest BCUT2D eigenvalue weighted by atomic mass is 10.2. The van der Waals surface area contributed by atoms with Gasteiger partial charge in [-0.15, -0.1) is 5.10 Å². The number of hydrogen-bond donors (Lipinski definition) is 1. The highest BCUT2D eigenvalue weighted by atomic mass is 32.1. The van der Waals surface area contributed by atoms with E-state index >= 15 is 0 Å². The quantitative estimate of drug-likeness (QED) is 0.541. The van der Waals surface area contributed by atoms with Crippen LogP contribution in [0.15, 0.2) is 41.1 Å². The Morgan fingerprint density at radius 2 is 2.04 bits per heavy atom. The van der Waals surface area contributed by atoms with E-state index in [1.807, 2.05) is 41.9 Å². The Hall–Kier alpha value is -3.07. The second-order valence-electron chi connectivity index (χ2n) is 6.88. The van der Waals surface area contributed by atoms with E-state index in [1.54, 1.807) is 11.3 Å². The number of imidazole rings is 1. The molecule has 9 heteroatoms. The third-order valence-corrected chi connectivity index (χ3v) is 5.19. The van der Waals surface area contributed by atoms with Gasteiger partial charge in [0, 0.05) is 17.0 Å². The van der Waals surface area contributed by atoms with Crippen LogP contribution in [0.4, 0.5) is 0 Å². The molecule has 28 heavy (non-hydrogen) atoms. The molecule has 0 spiro atoms. The summed E-state index contributed by atoms with van der Waals surface area (Å²) in [6, 6.07) is 9.92. The van der Waals surface area contributed by atoms with Gasteiger partial charge in [0.1, 0.15) is 12.4 Å². The second-order valence-corrected chi connectivity index (χ2v) is 7.66. The molecule has 0 saturated heterocycles. The molecule has 0 aliphatic rings. The number of aromatic nitrogens is 6. The second kappa shape index (κ2) is 7.51. The van der Waals surface area contributed by atoms with Crippen molar-refractivity contribution in [2.75, 3.05) is 0 Å². The van der Waals surface area contributed by atoms with Gasteiger partial charge in [-0.1, -0.05) is 12.1 Å². The molecule has 0 aliphatic heterocycles. The first kappa shape index (κ1) is 18.3. The minimum atomic E-state index is -0.247. The molecule has 3 aromatic heterocycles. The van der Waals surface area contributed by atoms with Crippen LogP contribution in [-0.2, 0) is 11.3 Å². The summed E-state index contributed by atoms with van der Waals surface area (Å²) >= 11 is 1.56. The van der Waals surface area contributed by atoms with Crippen LogP contribution < -0.4 is 5.32 Å². The van der Waals surface area contributed by atoms with Crippen LogP contribution in [0.2, 0.25) is 0 Å². The van der Waals surface area contributed by atoms with Gasteiger partial charge in [0.05, 0.1) is 17.1 Å². The van der Waals surface area contributed by atoms with Crippen molar-refractivity contribution in [2.24, 2.45) is 0 Å². The number of nitrogens with one attached hydrogen (secondary N) is 1. The van der Waals surface area contributed by atoms with Crippen LogP contribution in [0.25, 0.3) is 22.4 Å². The molecule has 4 aromatic rings. The predicted molar refractivity (Wildman–Crippen MR) is 108 cm³/mol. The molecule has 0 aliphatic carbocycles. The van der Waals surface area contributed by atoms with E-state index in [0.717, 1.165) is 22.4 Å². The third-order valence-electron chi connectivity index (χ3n) is 4.51. The van der Waals surface area contributed by atoms with Crippen LogP contribution in [0.3, 0.4) is 0 Å². The average Bonchev–Trinajstić information content (AvgIpc) is 3.40. The van der Waals surface area contributed by atoms with E-state index in [9.17, 15) is 4.79 Å². The average molecular weight is 395 g/mol. The van der Waals surface area contributed by atoms with Gasteiger partial charge in [-0.3, -0.25) is 4.79 Å². The summed E-state index contributed by atoms with van der Waals surface area (Å²) in [6.07, 6.45) is 0. The molecular weight excluding hydrogens is 374 g/mol. The fourth-order valence-corrected chi connectivity index (χ4v) is 3.94. The van der Waals surface area contributed by atoms with Crippen LogP contribution in [0, 0.1) is 0 Å². The molecule has 1 N–H and O–H groups in total. The number of amides is 1. The molecule has 4 rings (SSSR count). The van der Waals surface area contributed by atoms with Gasteiger partial charge in [0.15, 0.2) is 5.82 Å². The number of fused-ring (bicyclic) bond motifs is 1. The number of nitrogens with zero attached hydrogens (tertiary/aromatic N) is 6. The normalized spacial score (nSPS) is 12.6. The zero-order valence-corrected chi connectivity index (χ0v) is 16.7. The maximum absolute atomic E-state index is 12.7. The molecule has 144 valence electrons. The van der Waals surface area contributed by atoms with E-state index in [0.29, 0.717) is 5.82 Å². The number of thiophene rings is 1. The highest BCUT2D eigenvalue weighted by Crippen LogP contribution is 2.25. The molecule has 0 bridgehead atoms. The Bertz CT molecular complexity index is 1100. The molecule has 1 unspecified atom stereocenters. The molecule has 8 nitrogen and oxygen atoms in total. The summed E-state index contributed by atoms with van der Waals surface area (Å²) in [5.74, 6) is 1.25. The minimum absolute atomic E-state index is 0.0461. The van der Waals surface area contributed by atoms with Crippen molar-refractivity contribution in [3.8, 4) is 11.4 Å². The van der Waals surface area contributed by atoms with E-state index < -0.39 is 0 Å². The number of rotatable bonds is 6. The lowest BCUT2D eigenvalue weighted by molar-refractivity contribution is -0.122. The van der Waals surface area contributed by atoms with Gasteiger partial charge < -0.3 is 9.88 Å². The highest BCUT2D eigenvalue weighted by Gasteiger charge is 2.21. The number of benzene rings is 1. The van der Waals surface area contributed by atoms with Gasteiger partial charge in [-0.2, -0.15) is 11.3 Å². The number of carbonyl (C=O) groups excluding carboxylic acids is 1. The van der Waals surface area contributed by atoms with Crippen molar-refractivity contribution in [1.29, 1.82) is 0 Å². The lowest BCUT2D eigenvalue weighted by Gasteiger charge is -2.18. The monoisotopic (exact) mass is 395 g/mol. The fourth-order valence-electron chi connectivity index (χ4n) is 3.31. The first-order valence-corrected chi connectivity index (χ1v) is 10.0. The molecule has 3 heterocycles. The van der Waals surface area contributed by atoms with Crippen molar-refractivity contribution in [1.82, 2.24) is 35.1 Å². The first-order chi connectivity index (χ1) is 13.5. The van der Waals surface area contributed by atoms with Gasteiger partial charge >= 0.3 is 0 Å². The molecular formula is C19H21N7OS. The summed E-state index contributed by atoms with van der Waals surface area (Å²) in [4.78, 5) is 17.4. The van der Waals surface area contributed by atoms with Crippen LogP contribution in [-0.4, -0.2) is 35.7 Å². The van der Waals surface area contributed by atoms with Crippen LogP contribution >= 0.6 is 11.3 Å². The standard InChI is InChI=1S/C19H21N7OS/c1-12(2)26-16-7-5-4-6-15(16)21-18(26)13(3)20-17(27)10-25-19(22-23-24-25)14-8-9-28-11-14/h4-9,11-13H,10H2,1-3H3,(H,20,27). The number of tetrazole rings is 1. The third kappa shape index (κ3) is 3.40. The van der Waals surface area contributed by atoms with Crippen molar-refractivity contribution in [3.63, 3.8) is 0 Å². The molecule has 0 fully saturated rings. The van der Waals surface area contributed by atoms with Crippen molar-refractivity contribution >= 4 is 28.3 Å². The number of carbonyl (C=O) groups is 1. The fraction of sp³-hybridized carbons (Fsp3) is 0.316. The Balaban J connectivity index is 1.54. The zero-order valence-electron chi connectivity index (χ0n) is 15.9. The predicted octanol–water partition coefficient (Wildman–Crippen LogP) is 3.21. The minimum Gasteiger partial charge on any atom is -0.345 e. The smallest absolute Gasteiger partial charge is 0.242 e. The summed E-state index contributed by atoms with van der Waals surface area (Å²) < 4.78 is 3.67. The lowest BCUT2D eigenvalue weighted by Crippen LogP contribution is -2.32. The zero-order chi connectivity index (χ0) is 19.7. The molecule has 1 aromatic carbocycles. The Labute approximate surface area is 166 Å². The maximum Gasteiger partial charge on any atom is 0.242 e. The van der Waals surface area contributed by atoms with E-state index in [-0.39, 0.29) is 24.5 Å². The van der Waals surface area contributed by atoms with Crippen LogP contribution in [0.1, 0.15) is 38.7 Å². The van der Waals surface area contributed by atoms with Crippen molar-refractivity contribution in [2.45, 2.75) is 39.4 Å². The number of hydrogen-bond acceptors (Lipinski definition) is 6. The van der Waals surface area contributed by atoms with Gasteiger partial charge in [0.25, 0.3) is 0 Å². The summed E-state index contributed by atoms with van der Waals surface area (Å²) in [7, 11) is 0. The Morgan fingerprint density at radius 1 is 1.21 bits per heavy atom. The SMILES string of the molecule is CC(NC(=O)Cn1nnnc1-c1ccsc1)c1nc2ccccc2n1C(C)C. The Morgan fingerprint density at radius 3 is 2.79 bits per heavy atom. The summed E-state index contributed by atoms with van der Waals surface area (Å²) in [5.41, 5.74) is 2.89. The highest BCUT2D eigenvalue weighted by molar-refractivity contribution is 7.08. The van der Waals surface area contributed by atoms with Gasteiger partial charge in [0.2, 0.25) is 5.91 Å². The largest absolute Gasteiger partial charge is 0.345 e. The summed E-state index contributed by atoms with van der Waals surface area (Å²) in [6.45, 7) is 6.21. The van der Waals surface area contributed by atoms with E-state index in [1.165, 1.54) is 4.68 Å². The molecule has 1 amide bonds. The topological polar surface area (TPSA) is 90.5 Å². The first-order valence-electron chi connectivity index (χ1n) is 9.09. The van der Waals surface area contributed by atoms with Crippen molar-refractivity contribution < 1.29 is 4.79 Å². The van der Waals surface area contributed by atoms with E-state index in [4.69, 9.17) is 4.98 Å². The van der Waals surface area contributed by atoms with Gasteiger partial charge in [-0.25, -0.2) is 9.67 Å². The van der Waals surface area contributed by atoms with E-state index in [2.05, 4.69) is 45.3 Å². The van der Waals surface area contributed by atoms with Crippen molar-refractivity contribution in [3.05, 3.63) is 46.9 Å². The maximum atomic E-state index is 12.7.